The molecule has 0 radical (unpaired) electrons. The fourth-order valence-corrected chi connectivity index (χ4v) is 3.53. The monoisotopic (exact) mass is 386 g/mol. The normalized spacial score (nSPS) is 17.8. The molecule has 1 saturated heterocycles. The molecule has 1 heterocycles. The number of hydrogen-bond acceptors (Lipinski definition) is 2. The molecule has 3 rings (SSSR count). The number of benzene rings is 2. The number of nitrogens with zero attached hydrogens (tertiary/aromatic N) is 2. The van der Waals surface area contributed by atoms with Gasteiger partial charge in [0.25, 0.3) is 5.91 Å². The highest BCUT2D eigenvalue weighted by molar-refractivity contribution is 5.94. The van der Waals surface area contributed by atoms with Crippen LogP contribution in [0.25, 0.3) is 0 Å². The molecule has 2 aromatic rings. The number of amides is 2. The lowest BCUT2D eigenvalue weighted by Crippen LogP contribution is -2.47. The molecule has 0 aromatic heterocycles. The van der Waals surface area contributed by atoms with Gasteiger partial charge in [-0.3, -0.25) is 9.59 Å². The molecule has 4 nitrogen and oxygen atoms in total. The minimum Gasteiger partial charge on any atom is -0.336 e. The van der Waals surface area contributed by atoms with E-state index in [1.54, 1.807) is 28.0 Å². The van der Waals surface area contributed by atoms with Gasteiger partial charge in [-0.1, -0.05) is 32.0 Å². The van der Waals surface area contributed by atoms with Crippen LogP contribution in [-0.4, -0.2) is 40.7 Å². The van der Waals surface area contributed by atoms with Crippen molar-refractivity contribution in [3.63, 3.8) is 0 Å². The summed E-state index contributed by atoms with van der Waals surface area (Å²) in [7, 11) is 0. The van der Waals surface area contributed by atoms with Crippen LogP contribution >= 0.6 is 0 Å². The molecular formula is C22H24F2N2O2. The van der Waals surface area contributed by atoms with E-state index in [0.29, 0.717) is 13.1 Å². The first-order chi connectivity index (χ1) is 13.3. The highest BCUT2D eigenvalue weighted by Gasteiger charge is 2.33. The maximum atomic E-state index is 13.5. The first kappa shape index (κ1) is 20.0. The number of hydrogen-bond donors (Lipinski definition) is 0. The van der Waals surface area contributed by atoms with Gasteiger partial charge in [-0.2, -0.15) is 0 Å². The predicted molar refractivity (Wildman–Crippen MR) is 102 cm³/mol. The maximum absolute atomic E-state index is 13.5. The SMILES string of the molecule is CC(C)[C@@H]1CN(C(=O)c2cccc(F)c2)CCC(=O)N1Cc1ccc(F)cc1. The van der Waals surface area contributed by atoms with E-state index in [9.17, 15) is 18.4 Å². The van der Waals surface area contributed by atoms with Crippen molar-refractivity contribution in [1.29, 1.82) is 0 Å². The Morgan fingerprint density at radius 1 is 1.11 bits per heavy atom. The zero-order valence-electron chi connectivity index (χ0n) is 16.1. The minimum absolute atomic E-state index is 0.0439. The molecule has 2 amide bonds. The lowest BCUT2D eigenvalue weighted by molar-refractivity contribution is -0.134. The van der Waals surface area contributed by atoms with Crippen LogP contribution in [0.15, 0.2) is 48.5 Å². The molecule has 0 unspecified atom stereocenters. The van der Waals surface area contributed by atoms with Crippen molar-refractivity contribution in [3.8, 4) is 0 Å². The maximum Gasteiger partial charge on any atom is 0.254 e. The summed E-state index contributed by atoms with van der Waals surface area (Å²) in [4.78, 5) is 29.1. The molecule has 148 valence electrons. The second-order valence-electron chi connectivity index (χ2n) is 7.47. The third-order valence-corrected chi connectivity index (χ3v) is 5.12. The van der Waals surface area contributed by atoms with Crippen LogP contribution in [0.4, 0.5) is 8.78 Å². The molecule has 28 heavy (non-hydrogen) atoms. The molecule has 0 spiro atoms. The summed E-state index contributed by atoms with van der Waals surface area (Å²) in [6.45, 7) is 5.04. The molecule has 1 fully saturated rings. The molecular weight excluding hydrogens is 362 g/mol. The van der Waals surface area contributed by atoms with E-state index in [1.807, 2.05) is 13.8 Å². The fraction of sp³-hybridized carbons (Fsp3) is 0.364. The van der Waals surface area contributed by atoms with Crippen LogP contribution in [0, 0.1) is 17.6 Å². The van der Waals surface area contributed by atoms with Gasteiger partial charge < -0.3 is 9.80 Å². The molecule has 1 aliphatic rings. The smallest absolute Gasteiger partial charge is 0.254 e. The molecule has 6 heteroatoms. The van der Waals surface area contributed by atoms with Crippen LogP contribution in [0.2, 0.25) is 0 Å². The van der Waals surface area contributed by atoms with E-state index in [1.165, 1.54) is 30.3 Å². The summed E-state index contributed by atoms with van der Waals surface area (Å²) in [6.07, 6.45) is 0.200. The van der Waals surface area contributed by atoms with E-state index >= 15 is 0 Å². The van der Waals surface area contributed by atoms with Gasteiger partial charge >= 0.3 is 0 Å². The van der Waals surface area contributed by atoms with Gasteiger partial charge in [-0.25, -0.2) is 8.78 Å². The molecule has 2 aromatic carbocycles. The number of carbonyl (C=O) groups is 2. The van der Waals surface area contributed by atoms with Gasteiger partial charge in [0, 0.05) is 31.6 Å². The van der Waals surface area contributed by atoms with E-state index in [0.717, 1.165) is 5.56 Å². The summed E-state index contributed by atoms with van der Waals surface area (Å²) < 4.78 is 26.7. The van der Waals surface area contributed by atoms with Crippen LogP contribution in [0.5, 0.6) is 0 Å². The topological polar surface area (TPSA) is 40.6 Å². The summed E-state index contributed by atoms with van der Waals surface area (Å²) in [5.41, 5.74) is 1.12. The van der Waals surface area contributed by atoms with Gasteiger partial charge in [0.05, 0.1) is 6.04 Å². The predicted octanol–water partition coefficient (Wildman–Crippen LogP) is 3.86. The molecule has 0 aliphatic carbocycles. The average molecular weight is 386 g/mol. The Kier molecular flexibility index (Phi) is 6.07. The average Bonchev–Trinajstić information content (AvgIpc) is 2.83. The fourth-order valence-electron chi connectivity index (χ4n) is 3.53. The van der Waals surface area contributed by atoms with Gasteiger partial charge in [-0.15, -0.1) is 0 Å². The van der Waals surface area contributed by atoms with Crippen LogP contribution < -0.4 is 0 Å². The number of halogens is 2. The lowest BCUT2D eigenvalue weighted by atomic mass is 10.0. The van der Waals surface area contributed by atoms with Crippen molar-refractivity contribution in [1.82, 2.24) is 9.80 Å². The molecule has 0 N–H and O–H groups in total. The van der Waals surface area contributed by atoms with E-state index in [2.05, 4.69) is 0 Å². The van der Waals surface area contributed by atoms with Gasteiger partial charge in [0.2, 0.25) is 5.91 Å². The van der Waals surface area contributed by atoms with E-state index in [-0.39, 0.29) is 48.1 Å². The molecule has 1 aliphatic heterocycles. The third-order valence-electron chi connectivity index (χ3n) is 5.12. The van der Waals surface area contributed by atoms with Crippen molar-refractivity contribution in [3.05, 3.63) is 71.3 Å². The standard InChI is InChI=1S/C22H24F2N2O2/c1-15(2)20-14-25(22(28)17-4-3-5-19(24)12-17)11-10-21(27)26(20)13-16-6-8-18(23)9-7-16/h3-9,12,15,20H,10-11,13-14H2,1-2H3/t20-/m0/s1. The second kappa shape index (κ2) is 8.50. The zero-order chi connectivity index (χ0) is 20.3. The zero-order valence-corrected chi connectivity index (χ0v) is 16.1. The summed E-state index contributed by atoms with van der Waals surface area (Å²) in [6, 6.07) is 11.5. The molecule has 0 bridgehead atoms. The van der Waals surface area contributed by atoms with E-state index < -0.39 is 5.82 Å². The largest absolute Gasteiger partial charge is 0.336 e. The number of rotatable bonds is 4. The Hall–Kier alpha value is -2.76. The quantitative estimate of drug-likeness (QED) is 0.801. The van der Waals surface area contributed by atoms with Gasteiger partial charge in [0.1, 0.15) is 11.6 Å². The highest BCUT2D eigenvalue weighted by atomic mass is 19.1. The highest BCUT2D eigenvalue weighted by Crippen LogP contribution is 2.22. The van der Waals surface area contributed by atoms with Crippen molar-refractivity contribution >= 4 is 11.8 Å². The van der Waals surface area contributed by atoms with Crippen molar-refractivity contribution in [2.24, 2.45) is 5.92 Å². The summed E-state index contributed by atoms with van der Waals surface area (Å²) >= 11 is 0. The first-order valence-corrected chi connectivity index (χ1v) is 9.44. The molecule has 0 saturated carbocycles. The van der Waals surface area contributed by atoms with Crippen molar-refractivity contribution in [2.75, 3.05) is 13.1 Å². The van der Waals surface area contributed by atoms with Crippen LogP contribution in [-0.2, 0) is 11.3 Å². The van der Waals surface area contributed by atoms with Crippen LogP contribution in [0.1, 0.15) is 36.2 Å². The van der Waals surface area contributed by atoms with Crippen LogP contribution in [0.3, 0.4) is 0 Å². The van der Waals surface area contributed by atoms with Crippen molar-refractivity contribution in [2.45, 2.75) is 32.9 Å². The van der Waals surface area contributed by atoms with Crippen molar-refractivity contribution < 1.29 is 18.4 Å². The third kappa shape index (κ3) is 4.55. The Bertz CT molecular complexity index is 852. The number of carbonyl (C=O) groups excluding carboxylic acids is 2. The Morgan fingerprint density at radius 3 is 2.46 bits per heavy atom. The second-order valence-corrected chi connectivity index (χ2v) is 7.47. The van der Waals surface area contributed by atoms with E-state index in [4.69, 9.17) is 0 Å². The summed E-state index contributed by atoms with van der Waals surface area (Å²) in [5, 5.41) is 0. The Labute approximate surface area is 163 Å². The molecule has 1 atom stereocenters. The lowest BCUT2D eigenvalue weighted by Gasteiger charge is -2.34. The Balaban J connectivity index is 1.83. The van der Waals surface area contributed by atoms with Gasteiger partial charge in [-0.05, 0) is 41.8 Å². The Morgan fingerprint density at radius 2 is 1.82 bits per heavy atom. The summed E-state index contributed by atoms with van der Waals surface area (Å²) in [5.74, 6) is -0.988. The van der Waals surface area contributed by atoms with Gasteiger partial charge in [0.15, 0.2) is 0 Å². The first-order valence-electron chi connectivity index (χ1n) is 9.44. The minimum atomic E-state index is -0.463.